The molecule has 0 bridgehead atoms. The summed E-state index contributed by atoms with van der Waals surface area (Å²) < 4.78 is 14.0. The maximum atomic E-state index is 13.7. The number of hydrogen-bond acceptors (Lipinski definition) is 5. The van der Waals surface area contributed by atoms with Crippen LogP contribution < -0.4 is 14.8 Å². The molecule has 0 spiro atoms. The Balaban J connectivity index is 1.21. The van der Waals surface area contributed by atoms with Crippen molar-refractivity contribution in [2.45, 2.75) is 45.6 Å². The molecule has 7 heteroatoms. The number of anilines is 1. The second kappa shape index (κ2) is 9.84. The zero-order valence-corrected chi connectivity index (χ0v) is 23.6. The van der Waals surface area contributed by atoms with E-state index in [-0.39, 0.29) is 30.3 Å². The van der Waals surface area contributed by atoms with E-state index >= 15 is 0 Å². The normalized spacial score (nSPS) is 17.4. The van der Waals surface area contributed by atoms with E-state index in [1.165, 1.54) is 23.0 Å². The molecule has 1 aromatic heterocycles. The quantitative estimate of drug-likeness (QED) is 0.322. The van der Waals surface area contributed by atoms with Crippen LogP contribution in [0.4, 0.5) is 5.69 Å². The van der Waals surface area contributed by atoms with Gasteiger partial charge in [0.2, 0.25) is 5.91 Å². The van der Waals surface area contributed by atoms with E-state index in [0.29, 0.717) is 12.2 Å². The highest BCUT2D eigenvalue weighted by Gasteiger charge is 2.41. The van der Waals surface area contributed by atoms with Gasteiger partial charge < -0.3 is 19.4 Å². The molecule has 0 unspecified atom stereocenters. The summed E-state index contributed by atoms with van der Waals surface area (Å²) in [5, 5.41) is 4.66. The molecule has 7 nitrogen and oxygen atoms in total. The van der Waals surface area contributed by atoms with Gasteiger partial charge in [0.1, 0.15) is 11.5 Å². The van der Waals surface area contributed by atoms with E-state index in [2.05, 4.69) is 60.3 Å². The fraction of sp³-hybridized carbons (Fsp3) is 0.294. The van der Waals surface area contributed by atoms with Crippen molar-refractivity contribution in [3.05, 3.63) is 100 Å². The highest BCUT2D eigenvalue weighted by atomic mass is 16.5. The molecular weight excluding hydrogens is 514 g/mol. The monoisotopic (exact) mass is 547 g/mol. The van der Waals surface area contributed by atoms with Crippen LogP contribution in [-0.2, 0) is 22.4 Å². The van der Waals surface area contributed by atoms with Crippen molar-refractivity contribution < 1.29 is 19.1 Å². The minimum Gasteiger partial charge on any atom is -0.493 e. The number of nitrogens with zero attached hydrogens (tertiary/aromatic N) is 2. The first kappa shape index (κ1) is 25.4. The number of ether oxygens (including phenoxy) is 2. The van der Waals surface area contributed by atoms with Gasteiger partial charge >= 0.3 is 0 Å². The molecule has 1 N–H and O–H groups in total. The van der Waals surface area contributed by atoms with Crippen LogP contribution in [0.2, 0.25) is 0 Å². The largest absolute Gasteiger partial charge is 0.493 e. The van der Waals surface area contributed by atoms with E-state index in [4.69, 9.17) is 9.47 Å². The summed E-state index contributed by atoms with van der Waals surface area (Å²) in [5.74, 6) is 0.980. The molecule has 4 heterocycles. The van der Waals surface area contributed by atoms with Crippen molar-refractivity contribution in [1.82, 2.24) is 9.47 Å². The van der Waals surface area contributed by atoms with Crippen molar-refractivity contribution in [2.75, 3.05) is 25.1 Å². The SMILES string of the molecule is CC(=O)N1CC2=C(C1=O)[C@@H](c1ccc(OCCc3ccc4c(c3)CCO4)cc1)c1cn(C(C)C)c3cccc(c13)N2. The van der Waals surface area contributed by atoms with E-state index in [0.717, 1.165) is 64.4 Å². The van der Waals surface area contributed by atoms with E-state index in [1.54, 1.807) is 0 Å². The number of imide groups is 1. The zero-order valence-electron chi connectivity index (χ0n) is 23.6. The lowest BCUT2D eigenvalue weighted by Gasteiger charge is -2.20. The Bertz CT molecular complexity index is 1730. The summed E-state index contributed by atoms with van der Waals surface area (Å²) in [7, 11) is 0. The molecule has 3 aromatic carbocycles. The molecular formula is C34H33N3O4. The van der Waals surface area contributed by atoms with Crippen LogP contribution in [0.3, 0.4) is 0 Å². The molecule has 4 aromatic rings. The van der Waals surface area contributed by atoms with Gasteiger partial charge in [0, 0.05) is 54.7 Å². The van der Waals surface area contributed by atoms with Gasteiger partial charge in [-0.25, -0.2) is 0 Å². The summed E-state index contributed by atoms with van der Waals surface area (Å²) >= 11 is 0. The van der Waals surface area contributed by atoms with Crippen molar-refractivity contribution in [2.24, 2.45) is 0 Å². The summed E-state index contributed by atoms with van der Waals surface area (Å²) in [6.45, 7) is 7.35. The van der Waals surface area contributed by atoms with E-state index in [9.17, 15) is 9.59 Å². The Kier molecular flexibility index (Phi) is 6.11. The van der Waals surface area contributed by atoms with Gasteiger partial charge in [-0.15, -0.1) is 0 Å². The second-order valence-electron chi connectivity index (χ2n) is 11.4. The lowest BCUT2D eigenvalue weighted by atomic mass is 9.84. The minimum absolute atomic E-state index is 0.233. The van der Waals surface area contributed by atoms with E-state index in [1.807, 2.05) is 30.3 Å². The Morgan fingerprint density at radius 1 is 1.12 bits per heavy atom. The lowest BCUT2D eigenvalue weighted by Crippen LogP contribution is -2.33. The topological polar surface area (TPSA) is 72.8 Å². The summed E-state index contributed by atoms with van der Waals surface area (Å²) in [6.07, 6.45) is 3.95. The molecule has 1 atom stereocenters. The number of aromatic nitrogens is 1. The molecule has 0 saturated heterocycles. The first-order valence-electron chi connectivity index (χ1n) is 14.3. The predicted molar refractivity (Wildman–Crippen MR) is 158 cm³/mol. The fourth-order valence-electron chi connectivity index (χ4n) is 6.44. The third-order valence-corrected chi connectivity index (χ3v) is 8.45. The fourth-order valence-corrected chi connectivity index (χ4v) is 6.44. The Morgan fingerprint density at radius 2 is 1.95 bits per heavy atom. The molecule has 3 aliphatic rings. The van der Waals surface area contributed by atoms with Gasteiger partial charge in [-0.05, 0) is 66.4 Å². The average molecular weight is 548 g/mol. The molecule has 3 aliphatic heterocycles. The number of fused-ring (bicyclic) bond motifs is 1. The summed E-state index contributed by atoms with van der Waals surface area (Å²) in [6, 6.07) is 20.9. The van der Waals surface area contributed by atoms with Gasteiger partial charge in [-0.1, -0.05) is 30.3 Å². The van der Waals surface area contributed by atoms with Gasteiger partial charge in [0.25, 0.3) is 5.91 Å². The van der Waals surface area contributed by atoms with Crippen LogP contribution in [0.25, 0.3) is 10.9 Å². The highest BCUT2D eigenvalue weighted by molar-refractivity contribution is 6.11. The number of carbonyl (C=O) groups excluding carboxylic acids is 2. The van der Waals surface area contributed by atoms with Crippen LogP contribution >= 0.6 is 0 Å². The molecule has 0 fully saturated rings. The number of rotatable bonds is 6. The van der Waals surface area contributed by atoms with Gasteiger partial charge in [0.05, 0.1) is 30.8 Å². The summed E-state index contributed by atoms with van der Waals surface area (Å²) in [4.78, 5) is 27.4. The molecule has 0 aliphatic carbocycles. The second-order valence-corrected chi connectivity index (χ2v) is 11.4. The molecule has 208 valence electrons. The third kappa shape index (κ3) is 4.27. The smallest absolute Gasteiger partial charge is 0.259 e. The Labute approximate surface area is 239 Å². The molecule has 0 saturated carbocycles. The molecule has 2 amide bonds. The Hall–Kier alpha value is -4.52. The van der Waals surface area contributed by atoms with E-state index < -0.39 is 0 Å². The van der Waals surface area contributed by atoms with Crippen molar-refractivity contribution in [1.29, 1.82) is 0 Å². The zero-order chi connectivity index (χ0) is 28.2. The Morgan fingerprint density at radius 3 is 2.73 bits per heavy atom. The van der Waals surface area contributed by atoms with Gasteiger partial charge in [-0.2, -0.15) is 0 Å². The number of hydrogen-bond donors (Lipinski definition) is 1. The number of benzene rings is 3. The van der Waals surface area contributed by atoms with Gasteiger partial charge in [0.15, 0.2) is 0 Å². The molecule has 7 rings (SSSR count). The van der Waals surface area contributed by atoms with Crippen LogP contribution in [0.15, 0.2) is 78.1 Å². The first-order chi connectivity index (χ1) is 19.9. The van der Waals surface area contributed by atoms with Crippen LogP contribution in [-0.4, -0.2) is 41.0 Å². The third-order valence-electron chi connectivity index (χ3n) is 8.45. The van der Waals surface area contributed by atoms with Crippen molar-refractivity contribution in [3.8, 4) is 11.5 Å². The molecule has 41 heavy (non-hydrogen) atoms. The summed E-state index contributed by atoms with van der Waals surface area (Å²) in [5.41, 5.74) is 8.07. The maximum Gasteiger partial charge on any atom is 0.259 e. The van der Waals surface area contributed by atoms with Crippen molar-refractivity contribution >= 4 is 28.4 Å². The number of amides is 2. The van der Waals surface area contributed by atoms with Crippen molar-refractivity contribution in [3.63, 3.8) is 0 Å². The lowest BCUT2D eigenvalue weighted by molar-refractivity contribution is -0.139. The average Bonchev–Trinajstić information content (AvgIpc) is 3.64. The number of carbonyl (C=O) groups is 2. The van der Waals surface area contributed by atoms with Crippen LogP contribution in [0.1, 0.15) is 55.0 Å². The van der Waals surface area contributed by atoms with Crippen LogP contribution in [0.5, 0.6) is 11.5 Å². The predicted octanol–water partition coefficient (Wildman–Crippen LogP) is 5.98. The highest BCUT2D eigenvalue weighted by Crippen LogP contribution is 2.47. The molecule has 0 radical (unpaired) electrons. The standard InChI is InChI=1S/C34H33N3O4/c1-20(2)36-18-26-31(33-28(19-37(21(3)38)34(33)39)35-27-5-4-6-29(36)32(26)27)23-8-10-25(11-9-23)40-15-13-22-7-12-30-24(17-22)14-16-41-30/h4-12,17-18,20,31,35H,13-16,19H2,1-3H3/t31-/m0/s1. The minimum atomic E-state index is -0.316. The number of nitrogens with one attached hydrogen (secondary N) is 1. The van der Waals surface area contributed by atoms with Crippen LogP contribution in [0, 0.1) is 0 Å². The maximum absolute atomic E-state index is 13.7. The van der Waals surface area contributed by atoms with Gasteiger partial charge in [-0.3, -0.25) is 14.5 Å². The first-order valence-corrected chi connectivity index (χ1v) is 14.3.